The fraction of sp³-hybridized carbons (Fsp3) is 0. The first-order valence-electron chi connectivity index (χ1n) is 20.1. The van der Waals surface area contributed by atoms with Gasteiger partial charge in [-0.15, -0.1) is 11.3 Å². The Hall–Kier alpha value is -7.46. The van der Waals surface area contributed by atoms with Crippen LogP contribution in [0.5, 0.6) is 0 Å². The van der Waals surface area contributed by atoms with E-state index in [4.69, 9.17) is 4.42 Å². The molecule has 0 aliphatic carbocycles. The Morgan fingerprint density at radius 2 is 1.00 bits per heavy atom. The Kier molecular flexibility index (Phi) is 7.75. The van der Waals surface area contributed by atoms with Crippen LogP contribution in [-0.4, -0.2) is 0 Å². The molecule has 0 radical (unpaired) electrons. The Morgan fingerprint density at radius 1 is 0.356 bits per heavy atom. The van der Waals surface area contributed by atoms with Gasteiger partial charge in [0.25, 0.3) is 0 Å². The molecule has 0 atom stereocenters. The summed E-state index contributed by atoms with van der Waals surface area (Å²) in [7, 11) is 0. The third kappa shape index (κ3) is 5.55. The van der Waals surface area contributed by atoms with E-state index >= 15 is 0 Å². The number of thiophene rings is 1. The third-order valence-corrected chi connectivity index (χ3v) is 13.1. The molecule has 0 bridgehead atoms. The summed E-state index contributed by atoms with van der Waals surface area (Å²) in [5, 5.41) is 9.70. The van der Waals surface area contributed by atoms with E-state index in [0.717, 1.165) is 50.1 Å². The van der Waals surface area contributed by atoms with Crippen molar-refractivity contribution in [3.8, 4) is 33.4 Å². The van der Waals surface area contributed by atoms with Crippen molar-refractivity contribution in [3.63, 3.8) is 0 Å². The maximum atomic E-state index is 6.58. The molecule has 2 heterocycles. The maximum Gasteiger partial charge on any atom is 0.136 e. The second kappa shape index (κ2) is 13.6. The van der Waals surface area contributed by atoms with Crippen LogP contribution in [0.3, 0.4) is 0 Å². The van der Waals surface area contributed by atoms with Crippen LogP contribution in [0.1, 0.15) is 0 Å². The van der Waals surface area contributed by atoms with Crippen LogP contribution < -0.4 is 4.90 Å². The molecule has 2 nitrogen and oxygen atoms in total. The summed E-state index contributed by atoms with van der Waals surface area (Å²) in [6, 6.07) is 77.0. The van der Waals surface area contributed by atoms with Crippen molar-refractivity contribution >= 4 is 92.1 Å². The summed E-state index contributed by atoms with van der Waals surface area (Å²) < 4.78 is 9.22. The van der Waals surface area contributed by atoms with Gasteiger partial charge in [0.05, 0.1) is 5.69 Å². The second-order valence-electron chi connectivity index (χ2n) is 15.2. The van der Waals surface area contributed by atoms with E-state index in [1.165, 1.54) is 64.0 Å². The first kappa shape index (κ1) is 33.7. The van der Waals surface area contributed by atoms with Crippen molar-refractivity contribution in [1.29, 1.82) is 0 Å². The van der Waals surface area contributed by atoms with E-state index in [1.807, 2.05) is 11.3 Å². The molecule has 12 aromatic rings. The molecule has 0 spiro atoms. The summed E-state index contributed by atoms with van der Waals surface area (Å²) in [5.41, 5.74) is 12.1. The summed E-state index contributed by atoms with van der Waals surface area (Å²) in [6.45, 7) is 0. The highest BCUT2D eigenvalue weighted by molar-refractivity contribution is 7.26. The van der Waals surface area contributed by atoms with Crippen molar-refractivity contribution in [2.45, 2.75) is 0 Å². The van der Waals surface area contributed by atoms with Crippen LogP contribution in [0.2, 0.25) is 0 Å². The van der Waals surface area contributed by atoms with Crippen molar-refractivity contribution in [2.24, 2.45) is 0 Å². The van der Waals surface area contributed by atoms with Crippen LogP contribution in [0, 0.1) is 0 Å². The van der Waals surface area contributed by atoms with Gasteiger partial charge in [-0.2, -0.15) is 0 Å². The number of rotatable bonds is 6. The third-order valence-electron chi connectivity index (χ3n) is 11.8. The highest BCUT2D eigenvalue weighted by Gasteiger charge is 2.22. The number of hydrogen-bond donors (Lipinski definition) is 0. The van der Waals surface area contributed by atoms with E-state index in [2.05, 4.69) is 217 Å². The molecule has 0 unspecified atom stereocenters. The summed E-state index contributed by atoms with van der Waals surface area (Å²) >= 11 is 1.87. The molecule has 0 N–H and O–H groups in total. The lowest BCUT2D eigenvalue weighted by Gasteiger charge is -2.28. The van der Waals surface area contributed by atoms with Crippen molar-refractivity contribution in [3.05, 3.63) is 212 Å². The highest BCUT2D eigenvalue weighted by Crippen LogP contribution is 2.47. The number of nitrogens with zero attached hydrogens (tertiary/aromatic N) is 1. The Balaban J connectivity index is 1.06. The SMILES string of the molecule is c1cc(-c2cccc3ccccc23)cc(N(c2ccc(-c3cccc4c3sc3ccccc34)cc2)c2ccccc2-c2cccc3oc4cc5ccccc5cc4c23)c1. The first-order valence-corrected chi connectivity index (χ1v) is 20.9. The molecule has 0 fully saturated rings. The number of anilines is 3. The van der Waals surface area contributed by atoms with Crippen LogP contribution in [0.15, 0.2) is 217 Å². The van der Waals surface area contributed by atoms with Crippen LogP contribution in [-0.2, 0) is 0 Å². The lowest BCUT2D eigenvalue weighted by molar-refractivity contribution is 0.669. The van der Waals surface area contributed by atoms with Gasteiger partial charge >= 0.3 is 0 Å². The zero-order chi connectivity index (χ0) is 38.9. The molecule has 3 heteroatoms. The average molecular weight is 770 g/mol. The van der Waals surface area contributed by atoms with Gasteiger partial charge in [-0.1, -0.05) is 158 Å². The maximum absolute atomic E-state index is 6.58. The van der Waals surface area contributed by atoms with E-state index in [9.17, 15) is 0 Å². The standard InChI is InChI=1S/C56H35NOS/c1-2-15-39-35-53-50(34-38(39)14-1)55-48(24-12-27-52(55)58-53)46-20-5-7-26-51(46)57(42-18-9-17-40(33-42)44-22-10-16-36-13-3-4-19-43(36)44)41-31-29-37(30-32-41)45-23-11-25-49-47-21-6-8-28-54(47)59-56(45)49/h1-35H. The number of benzene rings is 10. The largest absolute Gasteiger partial charge is 0.456 e. The Bertz CT molecular complexity index is 3570. The quantitative estimate of drug-likeness (QED) is 0.167. The highest BCUT2D eigenvalue weighted by atomic mass is 32.1. The zero-order valence-electron chi connectivity index (χ0n) is 32.0. The fourth-order valence-electron chi connectivity index (χ4n) is 9.11. The van der Waals surface area contributed by atoms with Gasteiger partial charge in [-0.05, 0) is 104 Å². The van der Waals surface area contributed by atoms with Gasteiger partial charge < -0.3 is 9.32 Å². The van der Waals surface area contributed by atoms with Crippen molar-refractivity contribution < 1.29 is 4.42 Å². The van der Waals surface area contributed by atoms with E-state index in [0.29, 0.717) is 0 Å². The lowest BCUT2D eigenvalue weighted by Crippen LogP contribution is -2.11. The van der Waals surface area contributed by atoms with Gasteiger partial charge in [-0.3, -0.25) is 0 Å². The minimum absolute atomic E-state index is 0.881. The smallest absolute Gasteiger partial charge is 0.136 e. The number of para-hydroxylation sites is 1. The first-order chi connectivity index (χ1) is 29.2. The summed E-state index contributed by atoms with van der Waals surface area (Å²) in [4.78, 5) is 2.42. The predicted molar refractivity (Wildman–Crippen MR) is 253 cm³/mol. The summed E-state index contributed by atoms with van der Waals surface area (Å²) in [6.07, 6.45) is 0. The monoisotopic (exact) mass is 769 g/mol. The molecular weight excluding hydrogens is 735 g/mol. The van der Waals surface area contributed by atoms with Crippen LogP contribution in [0.25, 0.3) is 97.0 Å². The number of fused-ring (bicyclic) bond motifs is 8. The molecular formula is C56H35NOS. The lowest BCUT2D eigenvalue weighted by atomic mass is 9.95. The van der Waals surface area contributed by atoms with E-state index in [-0.39, 0.29) is 0 Å². The minimum atomic E-state index is 0.881. The number of furan rings is 1. The second-order valence-corrected chi connectivity index (χ2v) is 16.3. The van der Waals surface area contributed by atoms with Gasteiger partial charge in [0.1, 0.15) is 11.2 Å². The molecule has 276 valence electrons. The normalized spacial score (nSPS) is 11.7. The fourth-order valence-corrected chi connectivity index (χ4v) is 10.4. The minimum Gasteiger partial charge on any atom is -0.456 e. The average Bonchev–Trinajstić information content (AvgIpc) is 3.87. The zero-order valence-corrected chi connectivity index (χ0v) is 32.8. The van der Waals surface area contributed by atoms with E-state index < -0.39 is 0 Å². The molecule has 0 aliphatic rings. The molecule has 10 aromatic carbocycles. The topological polar surface area (TPSA) is 16.4 Å². The van der Waals surface area contributed by atoms with Crippen molar-refractivity contribution in [1.82, 2.24) is 0 Å². The van der Waals surface area contributed by atoms with Gasteiger partial charge in [0.15, 0.2) is 0 Å². The molecule has 0 amide bonds. The molecule has 59 heavy (non-hydrogen) atoms. The van der Waals surface area contributed by atoms with Crippen LogP contribution >= 0.6 is 11.3 Å². The van der Waals surface area contributed by atoms with Gasteiger partial charge in [0.2, 0.25) is 0 Å². The Labute approximate surface area is 345 Å². The molecule has 0 saturated carbocycles. The molecule has 0 saturated heterocycles. The van der Waals surface area contributed by atoms with Gasteiger partial charge in [-0.25, -0.2) is 0 Å². The van der Waals surface area contributed by atoms with Crippen LogP contribution in [0.4, 0.5) is 17.1 Å². The van der Waals surface area contributed by atoms with Gasteiger partial charge in [0, 0.05) is 47.9 Å². The predicted octanol–water partition coefficient (Wildman–Crippen LogP) is 16.7. The van der Waals surface area contributed by atoms with E-state index in [1.54, 1.807) is 0 Å². The molecule has 12 rings (SSSR count). The van der Waals surface area contributed by atoms with Crippen molar-refractivity contribution in [2.75, 3.05) is 4.90 Å². The number of hydrogen-bond acceptors (Lipinski definition) is 3. The molecule has 0 aliphatic heterocycles. The summed E-state index contributed by atoms with van der Waals surface area (Å²) in [5.74, 6) is 0. The molecule has 2 aromatic heterocycles. The Morgan fingerprint density at radius 3 is 1.90 bits per heavy atom.